The summed E-state index contributed by atoms with van der Waals surface area (Å²) in [6.07, 6.45) is 4.62. The van der Waals surface area contributed by atoms with E-state index < -0.39 is 0 Å². The maximum absolute atomic E-state index is 14.2. The number of hydrogen-bond donors (Lipinski definition) is 3. The normalized spacial score (nSPS) is 15.6. The summed E-state index contributed by atoms with van der Waals surface area (Å²) in [7, 11) is 0. The summed E-state index contributed by atoms with van der Waals surface area (Å²) in [6, 6.07) is 9.64. The molecule has 4 heterocycles. The lowest BCUT2D eigenvalue weighted by Gasteiger charge is -2.12. The minimum atomic E-state index is -0.335. The maximum Gasteiger partial charge on any atom is 0.241 e. The topological polar surface area (TPSA) is 137 Å². The molecular weight excluding hydrogens is 427 g/mol. The summed E-state index contributed by atoms with van der Waals surface area (Å²) in [4.78, 5) is 21.0. The minimum Gasteiger partial charge on any atom is -0.382 e. The number of carbonyl (C=O) groups excluding carboxylic acids is 1. The van der Waals surface area contributed by atoms with E-state index in [0.717, 1.165) is 19.4 Å². The third-order valence-corrected chi connectivity index (χ3v) is 5.44. The zero-order chi connectivity index (χ0) is 22.8. The predicted molar refractivity (Wildman–Crippen MR) is 118 cm³/mol. The van der Waals surface area contributed by atoms with Crippen molar-refractivity contribution in [3.8, 4) is 22.9 Å². The fourth-order valence-corrected chi connectivity index (χ4v) is 3.73. The molecule has 1 aliphatic rings. The van der Waals surface area contributed by atoms with Crippen LogP contribution in [0.25, 0.3) is 22.9 Å². The number of aromatic nitrogens is 5. The van der Waals surface area contributed by atoms with E-state index in [1.807, 2.05) is 0 Å². The summed E-state index contributed by atoms with van der Waals surface area (Å²) in [5, 5.41) is 14.4. The Labute approximate surface area is 188 Å². The standard InChI is InChI=1S/C22H21FN8O2/c23-14-5-2-1-4-13(14)12-31-19(15-7-9-33-30-15)10-17(29-31)21-26-11-18(20(24)28-21)27-22(32)16-6-3-8-25-16/h1-2,4-5,7,9-11,16,25H,3,6,8,12H2,(H,27,32)(H2,24,26,28)/t16-/m0/s1. The number of hydrogen-bond acceptors (Lipinski definition) is 8. The summed E-state index contributed by atoms with van der Waals surface area (Å²) in [5.74, 6) is -0.115. The van der Waals surface area contributed by atoms with Crippen LogP contribution in [0, 0.1) is 5.82 Å². The van der Waals surface area contributed by atoms with Gasteiger partial charge >= 0.3 is 0 Å². The first-order valence-electron chi connectivity index (χ1n) is 10.5. The molecule has 11 heteroatoms. The number of anilines is 2. The number of nitrogens with two attached hydrogens (primary N) is 1. The van der Waals surface area contributed by atoms with Gasteiger partial charge in [0.15, 0.2) is 11.6 Å². The van der Waals surface area contributed by atoms with Gasteiger partial charge in [-0.25, -0.2) is 14.4 Å². The SMILES string of the molecule is Nc1nc(-c2cc(-c3ccon3)n(Cc3ccccc3F)n2)ncc1NC(=O)[C@@H]1CCCN1. The molecule has 0 aliphatic carbocycles. The molecule has 0 bridgehead atoms. The van der Waals surface area contributed by atoms with Gasteiger partial charge in [0.25, 0.3) is 0 Å². The summed E-state index contributed by atoms with van der Waals surface area (Å²) >= 11 is 0. The van der Waals surface area contributed by atoms with Crippen molar-refractivity contribution in [1.82, 2.24) is 30.2 Å². The number of carbonyl (C=O) groups is 1. The van der Waals surface area contributed by atoms with E-state index >= 15 is 0 Å². The van der Waals surface area contributed by atoms with E-state index in [1.165, 1.54) is 18.5 Å². The fourth-order valence-electron chi connectivity index (χ4n) is 3.73. The molecule has 1 fully saturated rings. The van der Waals surface area contributed by atoms with Crippen LogP contribution in [-0.2, 0) is 11.3 Å². The number of halogens is 1. The van der Waals surface area contributed by atoms with Crippen molar-refractivity contribution in [3.05, 3.63) is 60.2 Å². The van der Waals surface area contributed by atoms with E-state index in [2.05, 4.69) is 30.9 Å². The highest BCUT2D eigenvalue weighted by atomic mass is 19.1. The molecule has 10 nitrogen and oxygen atoms in total. The van der Waals surface area contributed by atoms with Crippen LogP contribution in [0.3, 0.4) is 0 Å². The van der Waals surface area contributed by atoms with Gasteiger partial charge in [-0.15, -0.1) is 0 Å². The Hall–Kier alpha value is -4.12. The quantitative estimate of drug-likeness (QED) is 0.409. The Morgan fingerprint density at radius 2 is 2.18 bits per heavy atom. The van der Waals surface area contributed by atoms with Gasteiger partial charge in [0.1, 0.15) is 29.2 Å². The van der Waals surface area contributed by atoms with Gasteiger partial charge in [0.05, 0.1) is 24.5 Å². The first-order chi connectivity index (χ1) is 16.1. The van der Waals surface area contributed by atoms with E-state index in [4.69, 9.17) is 10.3 Å². The summed E-state index contributed by atoms with van der Waals surface area (Å²) < 4.78 is 20.8. The molecule has 1 amide bonds. The van der Waals surface area contributed by atoms with Gasteiger partial charge in [-0.1, -0.05) is 23.4 Å². The molecule has 4 aromatic rings. The Morgan fingerprint density at radius 3 is 2.91 bits per heavy atom. The number of benzene rings is 1. The van der Waals surface area contributed by atoms with Crippen LogP contribution in [0.5, 0.6) is 0 Å². The van der Waals surface area contributed by atoms with Gasteiger partial charge < -0.3 is 20.9 Å². The number of nitrogen functional groups attached to an aromatic ring is 1. The highest BCUT2D eigenvalue weighted by Gasteiger charge is 2.23. The van der Waals surface area contributed by atoms with Gasteiger partial charge in [-0.3, -0.25) is 9.48 Å². The largest absolute Gasteiger partial charge is 0.382 e. The van der Waals surface area contributed by atoms with Crippen LogP contribution in [-0.4, -0.2) is 43.4 Å². The number of nitrogens with zero attached hydrogens (tertiary/aromatic N) is 5. The second kappa shape index (κ2) is 8.79. The van der Waals surface area contributed by atoms with Gasteiger partial charge in [0, 0.05) is 11.6 Å². The number of rotatable bonds is 6. The average molecular weight is 448 g/mol. The lowest BCUT2D eigenvalue weighted by atomic mass is 10.2. The molecule has 1 aliphatic heterocycles. The van der Waals surface area contributed by atoms with Gasteiger partial charge in [-0.05, 0) is 31.5 Å². The highest BCUT2D eigenvalue weighted by Crippen LogP contribution is 2.26. The van der Waals surface area contributed by atoms with Crippen molar-refractivity contribution < 1.29 is 13.7 Å². The zero-order valence-corrected chi connectivity index (χ0v) is 17.5. The van der Waals surface area contributed by atoms with Gasteiger partial charge in [0.2, 0.25) is 5.91 Å². The maximum atomic E-state index is 14.2. The van der Waals surface area contributed by atoms with Crippen molar-refractivity contribution in [2.45, 2.75) is 25.4 Å². The molecule has 0 radical (unpaired) electrons. The lowest BCUT2D eigenvalue weighted by Crippen LogP contribution is -2.35. The molecule has 0 spiro atoms. The third-order valence-electron chi connectivity index (χ3n) is 5.44. The summed E-state index contributed by atoms with van der Waals surface area (Å²) in [5.41, 5.74) is 8.45. The summed E-state index contributed by atoms with van der Waals surface area (Å²) in [6.45, 7) is 0.985. The molecule has 0 unspecified atom stereocenters. The van der Waals surface area contributed by atoms with Crippen LogP contribution >= 0.6 is 0 Å². The second-order valence-electron chi connectivity index (χ2n) is 7.68. The monoisotopic (exact) mass is 448 g/mol. The first-order valence-corrected chi connectivity index (χ1v) is 10.5. The molecule has 5 rings (SSSR count). The van der Waals surface area contributed by atoms with E-state index in [9.17, 15) is 9.18 Å². The zero-order valence-electron chi connectivity index (χ0n) is 17.5. The molecule has 3 aromatic heterocycles. The van der Waals surface area contributed by atoms with Crippen molar-refractivity contribution in [2.75, 3.05) is 17.6 Å². The van der Waals surface area contributed by atoms with Crippen molar-refractivity contribution in [3.63, 3.8) is 0 Å². The average Bonchev–Trinajstić information content (AvgIpc) is 3.58. The van der Waals surface area contributed by atoms with Crippen LogP contribution in [0.1, 0.15) is 18.4 Å². The molecular formula is C22H21FN8O2. The van der Waals surface area contributed by atoms with Crippen molar-refractivity contribution >= 4 is 17.4 Å². The van der Waals surface area contributed by atoms with Crippen molar-refractivity contribution in [1.29, 1.82) is 0 Å². The van der Waals surface area contributed by atoms with Crippen LogP contribution in [0.4, 0.5) is 15.9 Å². The molecule has 33 heavy (non-hydrogen) atoms. The van der Waals surface area contributed by atoms with Crippen LogP contribution < -0.4 is 16.4 Å². The van der Waals surface area contributed by atoms with E-state index in [1.54, 1.807) is 35.0 Å². The van der Waals surface area contributed by atoms with Crippen LogP contribution in [0.15, 0.2) is 53.4 Å². The Morgan fingerprint density at radius 1 is 1.30 bits per heavy atom. The Balaban J connectivity index is 1.44. The molecule has 1 aromatic carbocycles. The molecule has 1 saturated heterocycles. The van der Waals surface area contributed by atoms with Crippen molar-refractivity contribution in [2.24, 2.45) is 0 Å². The minimum absolute atomic E-state index is 0.123. The van der Waals surface area contributed by atoms with E-state index in [-0.39, 0.29) is 36.0 Å². The first kappa shape index (κ1) is 20.8. The molecule has 1 atom stereocenters. The molecule has 4 N–H and O–H groups in total. The number of nitrogens with one attached hydrogen (secondary N) is 2. The van der Waals surface area contributed by atoms with E-state index in [0.29, 0.717) is 28.3 Å². The third kappa shape index (κ3) is 4.30. The predicted octanol–water partition coefficient (Wildman–Crippen LogP) is 2.46. The molecule has 168 valence electrons. The highest BCUT2D eigenvalue weighted by molar-refractivity contribution is 5.96. The Bertz CT molecular complexity index is 1280. The number of amides is 1. The van der Waals surface area contributed by atoms with Gasteiger partial charge in [-0.2, -0.15) is 5.10 Å². The second-order valence-corrected chi connectivity index (χ2v) is 7.68. The smallest absolute Gasteiger partial charge is 0.241 e. The van der Waals surface area contributed by atoms with Crippen LogP contribution in [0.2, 0.25) is 0 Å². The Kier molecular flexibility index (Phi) is 5.53. The fraction of sp³-hybridized carbons (Fsp3) is 0.227. The molecule has 0 saturated carbocycles. The lowest BCUT2D eigenvalue weighted by molar-refractivity contribution is -0.117.